The third-order valence-electron chi connectivity index (χ3n) is 3.78. The van der Waals surface area contributed by atoms with Gasteiger partial charge in [0.05, 0.1) is 5.56 Å². The molecule has 2 rings (SSSR count). The molecule has 1 aromatic carbocycles. The second-order valence-electron chi connectivity index (χ2n) is 5.34. The normalized spacial score (nSPS) is 18.2. The Labute approximate surface area is 133 Å². The van der Waals surface area contributed by atoms with Crippen molar-refractivity contribution >= 4 is 12.0 Å². The molecule has 1 amide bonds. The number of alkyl halides is 3. The molecule has 23 heavy (non-hydrogen) atoms. The highest BCUT2D eigenvalue weighted by Gasteiger charge is 2.32. The monoisotopic (exact) mass is 319 g/mol. The summed E-state index contributed by atoms with van der Waals surface area (Å²) in [6.07, 6.45) is 6.46. The molecule has 0 N–H and O–H groups in total. The summed E-state index contributed by atoms with van der Waals surface area (Å²) in [7, 11) is 0. The standard InChI is InChI=1S/C18H16F3NO/c1-3-15-11-13(7-8-16(15)18(19,20)21)5-6-14-9-10-22(12-14)17(23)4-2/h1,4-8,11,14H,2,9-10,12H2/b6-5+. The predicted octanol–water partition coefficient (Wildman–Crippen LogP) is 3.73. The molecule has 120 valence electrons. The van der Waals surface area contributed by atoms with Crippen LogP contribution in [0.3, 0.4) is 0 Å². The number of likely N-dealkylation sites (tertiary alicyclic amines) is 1. The summed E-state index contributed by atoms with van der Waals surface area (Å²) in [4.78, 5) is 13.2. The van der Waals surface area contributed by atoms with Gasteiger partial charge in [-0.3, -0.25) is 4.79 Å². The number of carbonyl (C=O) groups is 1. The minimum Gasteiger partial charge on any atom is -0.339 e. The van der Waals surface area contributed by atoms with E-state index in [4.69, 9.17) is 6.42 Å². The zero-order valence-electron chi connectivity index (χ0n) is 12.4. The molecule has 0 spiro atoms. The number of hydrogen-bond donors (Lipinski definition) is 0. The molecule has 1 saturated heterocycles. The maximum absolute atomic E-state index is 12.8. The maximum atomic E-state index is 12.8. The fourth-order valence-electron chi connectivity index (χ4n) is 2.55. The quantitative estimate of drug-likeness (QED) is 0.614. The van der Waals surface area contributed by atoms with Crippen LogP contribution < -0.4 is 0 Å². The number of terminal acetylenes is 1. The van der Waals surface area contributed by atoms with Gasteiger partial charge in [0.1, 0.15) is 0 Å². The van der Waals surface area contributed by atoms with Gasteiger partial charge in [-0.05, 0) is 36.1 Å². The molecule has 0 saturated carbocycles. The molecule has 1 aliphatic rings. The number of benzene rings is 1. The van der Waals surface area contributed by atoms with E-state index in [1.54, 1.807) is 11.0 Å². The zero-order valence-corrected chi connectivity index (χ0v) is 12.4. The number of amides is 1. The van der Waals surface area contributed by atoms with E-state index < -0.39 is 11.7 Å². The minimum atomic E-state index is -4.46. The molecule has 0 bridgehead atoms. The Morgan fingerprint density at radius 2 is 2.17 bits per heavy atom. The van der Waals surface area contributed by atoms with Gasteiger partial charge >= 0.3 is 6.18 Å². The van der Waals surface area contributed by atoms with E-state index in [0.29, 0.717) is 18.7 Å². The van der Waals surface area contributed by atoms with Crippen LogP contribution in [0.25, 0.3) is 6.08 Å². The van der Waals surface area contributed by atoms with E-state index in [0.717, 1.165) is 12.5 Å². The Kier molecular flexibility index (Phi) is 4.95. The zero-order chi connectivity index (χ0) is 17.0. The van der Waals surface area contributed by atoms with Crippen molar-refractivity contribution in [3.63, 3.8) is 0 Å². The van der Waals surface area contributed by atoms with Gasteiger partial charge in [-0.15, -0.1) is 6.42 Å². The molecule has 1 aromatic rings. The van der Waals surface area contributed by atoms with Crippen LogP contribution in [0.4, 0.5) is 13.2 Å². The summed E-state index contributed by atoms with van der Waals surface area (Å²) in [6, 6.07) is 3.74. The third kappa shape index (κ3) is 4.04. The van der Waals surface area contributed by atoms with Gasteiger partial charge in [-0.2, -0.15) is 13.2 Å². The van der Waals surface area contributed by atoms with Crippen LogP contribution in [-0.2, 0) is 11.0 Å². The highest BCUT2D eigenvalue weighted by molar-refractivity contribution is 5.87. The van der Waals surface area contributed by atoms with Crippen LogP contribution in [0, 0.1) is 18.3 Å². The van der Waals surface area contributed by atoms with Gasteiger partial charge in [-0.1, -0.05) is 30.7 Å². The van der Waals surface area contributed by atoms with Crippen LogP contribution >= 0.6 is 0 Å². The van der Waals surface area contributed by atoms with Crippen LogP contribution in [0.15, 0.2) is 36.9 Å². The molecule has 1 atom stereocenters. The van der Waals surface area contributed by atoms with Gasteiger partial charge in [-0.25, -0.2) is 0 Å². The average molecular weight is 319 g/mol. The first kappa shape index (κ1) is 16.9. The van der Waals surface area contributed by atoms with E-state index in [1.807, 2.05) is 6.08 Å². The minimum absolute atomic E-state index is 0.106. The fraction of sp³-hybridized carbons (Fsp3) is 0.278. The van der Waals surface area contributed by atoms with Crippen molar-refractivity contribution in [2.45, 2.75) is 12.6 Å². The van der Waals surface area contributed by atoms with E-state index in [-0.39, 0.29) is 17.4 Å². The molecular formula is C18H16F3NO. The van der Waals surface area contributed by atoms with Gasteiger partial charge < -0.3 is 4.90 Å². The highest BCUT2D eigenvalue weighted by atomic mass is 19.4. The summed E-state index contributed by atoms with van der Waals surface area (Å²) >= 11 is 0. The van der Waals surface area contributed by atoms with Crippen molar-refractivity contribution in [2.24, 2.45) is 5.92 Å². The fourth-order valence-corrected chi connectivity index (χ4v) is 2.55. The Bertz CT molecular complexity index is 682. The lowest BCUT2D eigenvalue weighted by atomic mass is 10.0. The van der Waals surface area contributed by atoms with Crippen molar-refractivity contribution in [3.8, 4) is 12.3 Å². The molecule has 0 radical (unpaired) electrons. The van der Waals surface area contributed by atoms with E-state index in [2.05, 4.69) is 12.5 Å². The van der Waals surface area contributed by atoms with E-state index >= 15 is 0 Å². The molecule has 2 nitrogen and oxygen atoms in total. The topological polar surface area (TPSA) is 20.3 Å². The van der Waals surface area contributed by atoms with Crippen molar-refractivity contribution in [3.05, 3.63) is 53.6 Å². The molecule has 1 aliphatic heterocycles. The summed E-state index contributed by atoms with van der Waals surface area (Å²) in [5, 5.41) is 0. The van der Waals surface area contributed by atoms with Crippen LogP contribution in [0.2, 0.25) is 0 Å². The lowest BCUT2D eigenvalue weighted by Crippen LogP contribution is -2.26. The van der Waals surface area contributed by atoms with Gasteiger partial charge in [0, 0.05) is 18.7 Å². The molecule has 1 heterocycles. The van der Waals surface area contributed by atoms with Crippen molar-refractivity contribution in [1.29, 1.82) is 0 Å². The van der Waals surface area contributed by atoms with Crippen LogP contribution in [0.5, 0.6) is 0 Å². The Hall–Kier alpha value is -2.48. The van der Waals surface area contributed by atoms with Crippen molar-refractivity contribution in [1.82, 2.24) is 4.90 Å². The first-order valence-corrected chi connectivity index (χ1v) is 7.12. The van der Waals surface area contributed by atoms with Crippen LogP contribution in [-0.4, -0.2) is 23.9 Å². The second-order valence-corrected chi connectivity index (χ2v) is 5.34. The molecule has 1 unspecified atom stereocenters. The van der Waals surface area contributed by atoms with Crippen molar-refractivity contribution < 1.29 is 18.0 Å². The Morgan fingerprint density at radius 3 is 2.78 bits per heavy atom. The first-order chi connectivity index (χ1) is 10.8. The number of rotatable bonds is 3. The van der Waals surface area contributed by atoms with Crippen molar-refractivity contribution in [2.75, 3.05) is 13.1 Å². The lowest BCUT2D eigenvalue weighted by molar-refractivity contribution is -0.137. The largest absolute Gasteiger partial charge is 0.417 e. The lowest BCUT2D eigenvalue weighted by Gasteiger charge is -2.12. The highest BCUT2D eigenvalue weighted by Crippen LogP contribution is 2.32. The molecule has 0 aromatic heterocycles. The summed E-state index contributed by atoms with van der Waals surface area (Å²) < 4.78 is 38.4. The first-order valence-electron chi connectivity index (χ1n) is 7.12. The second kappa shape index (κ2) is 6.74. The number of carbonyl (C=O) groups excluding carboxylic acids is 1. The Morgan fingerprint density at radius 1 is 1.43 bits per heavy atom. The smallest absolute Gasteiger partial charge is 0.339 e. The number of hydrogen-bond acceptors (Lipinski definition) is 1. The maximum Gasteiger partial charge on any atom is 0.417 e. The van der Waals surface area contributed by atoms with Gasteiger partial charge in [0.2, 0.25) is 5.91 Å². The third-order valence-corrected chi connectivity index (χ3v) is 3.78. The molecular weight excluding hydrogens is 303 g/mol. The summed E-state index contributed by atoms with van der Waals surface area (Å²) in [5.74, 6) is 2.15. The number of halogens is 3. The average Bonchev–Trinajstić information content (AvgIpc) is 2.99. The number of nitrogens with zero attached hydrogens (tertiary/aromatic N) is 1. The molecule has 1 fully saturated rings. The van der Waals surface area contributed by atoms with Gasteiger partial charge in [0.25, 0.3) is 0 Å². The predicted molar refractivity (Wildman–Crippen MR) is 83.3 cm³/mol. The van der Waals surface area contributed by atoms with E-state index in [9.17, 15) is 18.0 Å². The summed E-state index contributed by atoms with van der Waals surface area (Å²) in [6.45, 7) is 4.69. The van der Waals surface area contributed by atoms with Gasteiger partial charge in [0.15, 0.2) is 0 Å². The summed E-state index contributed by atoms with van der Waals surface area (Å²) in [5.41, 5.74) is -0.366. The molecule has 0 aliphatic carbocycles. The Balaban J connectivity index is 2.11. The molecule has 5 heteroatoms. The van der Waals surface area contributed by atoms with E-state index in [1.165, 1.54) is 18.2 Å². The SMILES string of the molecule is C#Cc1cc(/C=C/C2CCN(C(=O)C=C)C2)ccc1C(F)(F)F. The van der Waals surface area contributed by atoms with Crippen LogP contribution in [0.1, 0.15) is 23.1 Å².